The van der Waals surface area contributed by atoms with Gasteiger partial charge in [0, 0.05) is 17.3 Å². The molecule has 0 atom stereocenters. The van der Waals surface area contributed by atoms with E-state index in [1.807, 2.05) is 53.4 Å². The summed E-state index contributed by atoms with van der Waals surface area (Å²) in [7, 11) is 1.65. The summed E-state index contributed by atoms with van der Waals surface area (Å²) >= 11 is 0. The van der Waals surface area contributed by atoms with Crippen LogP contribution in [0.3, 0.4) is 0 Å². The van der Waals surface area contributed by atoms with E-state index in [2.05, 4.69) is 30.3 Å². The van der Waals surface area contributed by atoms with Gasteiger partial charge in [0.2, 0.25) is 0 Å². The highest BCUT2D eigenvalue weighted by molar-refractivity contribution is 6.10. The Kier molecular flexibility index (Phi) is 5.68. The number of rotatable bonds is 6. The molecule has 1 heterocycles. The Morgan fingerprint density at radius 2 is 1.66 bits per heavy atom. The third-order valence-corrected chi connectivity index (χ3v) is 6.26. The van der Waals surface area contributed by atoms with Crippen LogP contribution in [0.4, 0.5) is 5.69 Å². The number of hydrogen-bond acceptors (Lipinski definition) is 3. The highest BCUT2D eigenvalue weighted by Crippen LogP contribution is 2.37. The van der Waals surface area contributed by atoms with Crippen molar-refractivity contribution in [3.8, 4) is 11.5 Å². The first-order valence-electron chi connectivity index (χ1n) is 11.2. The molecule has 0 bridgehead atoms. The standard InChI is InChI=1S/C28H27NO3/c1-31-26-16-15-23(18-27(26)32-24-9-5-6-10-24)29-19-22-14-13-21(17-25(22)28(29)30)12-11-20-7-3-2-4-8-20/h2-4,7-8,11-18,24H,5-6,9-10,19H2,1H3/b12-11-. The number of nitrogens with zero attached hydrogens (tertiary/aromatic N) is 1. The zero-order valence-electron chi connectivity index (χ0n) is 18.3. The molecule has 1 saturated carbocycles. The second kappa shape index (κ2) is 8.91. The lowest BCUT2D eigenvalue weighted by atomic mass is 10.0. The first kappa shape index (κ1) is 20.4. The molecule has 1 aliphatic carbocycles. The summed E-state index contributed by atoms with van der Waals surface area (Å²) in [4.78, 5) is 15.1. The fourth-order valence-electron chi connectivity index (χ4n) is 4.50. The maximum absolute atomic E-state index is 13.3. The monoisotopic (exact) mass is 425 g/mol. The van der Waals surface area contributed by atoms with Crippen LogP contribution < -0.4 is 14.4 Å². The molecule has 5 rings (SSSR count). The van der Waals surface area contributed by atoms with Crippen molar-refractivity contribution in [2.24, 2.45) is 0 Å². The molecule has 3 aromatic carbocycles. The Labute approximate surface area is 189 Å². The van der Waals surface area contributed by atoms with Gasteiger partial charge in [-0.3, -0.25) is 4.79 Å². The molecule has 0 spiro atoms. The summed E-state index contributed by atoms with van der Waals surface area (Å²) in [5, 5.41) is 0. The molecule has 4 heteroatoms. The van der Waals surface area contributed by atoms with Gasteiger partial charge in [0.05, 0.1) is 19.8 Å². The summed E-state index contributed by atoms with van der Waals surface area (Å²) in [6, 6.07) is 22.0. The highest BCUT2D eigenvalue weighted by atomic mass is 16.5. The van der Waals surface area contributed by atoms with E-state index in [1.54, 1.807) is 7.11 Å². The Morgan fingerprint density at radius 1 is 0.875 bits per heavy atom. The van der Waals surface area contributed by atoms with Crippen LogP contribution in [0.25, 0.3) is 12.2 Å². The maximum Gasteiger partial charge on any atom is 0.258 e. The number of methoxy groups -OCH3 is 1. The molecule has 4 nitrogen and oxygen atoms in total. The van der Waals surface area contributed by atoms with E-state index in [9.17, 15) is 4.79 Å². The topological polar surface area (TPSA) is 38.8 Å². The summed E-state index contributed by atoms with van der Waals surface area (Å²) < 4.78 is 11.7. The van der Waals surface area contributed by atoms with E-state index in [0.717, 1.165) is 40.8 Å². The number of carbonyl (C=O) groups excluding carboxylic acids is 1. The van der Waals surface area contributed by atoms with Crippen molar-refractivity contribution in [2.75, 3.05) is 12.0 Å². The molecule has 0 unspecified atom stereocenters. The van der Waals surface area contributed by atoms with E-state index >= 15 is 0 Å². The lowest BCUT2D eigenvalue weighted by Crippen LogP contribution is -2.23. The lowest BCUT2D eigenvalue weighted by molar-refractivity contribution is 0.0996. The Bertz CT molecular complexity index is 1150. The first-order chi connectivity index (χ1) is 15.7. The van der Waals surface area contributed by atoms with Crippen molar-refractivity contribution in [3.05, 3.63) is 89.0 Å². The van der Waals surface area contributed by atoms with Crippen LogP contribution in [0.15, 0.2) is 66.7 Å². The minimum atomic E-state index is 0.0203. The summed E-state index contributed by atoms with van der Waals surface area (Å²) in [5.74, 6) is 1.44. The van der Waals surface area contributed by atoms with Gasteiger partial charge < -0.3 is 14.4 Å². The predicted octanol–water partition coefficient (Wildman–Crippen LogP) is 6.35. The zero-order chi connectivity index (χ0) is 21.9. The molecule has 1 amide bonds. The molecule has 32 heavy (non-hydrogen) atoms. The highest BCUT2D eigenvalue weighted by Gasteiger charge is 2.29. The van der Waals surface area contributed by atoms with Gasteiger partial charge in [0.25, 0.3) is 5.91 Å². The van der Waals surface area contributed by atoms with Gasteiger partial charge in [-0.05, 0) is 60.6 Å². The minimum absolute atomic E-state index is 0.0203. The normalized spacial score (nSPS) is 16.0. The van der Waals surface area contributed by atoms with Gasteiger partial charge >= 0.3 is 0 Å². The van der Waals surface area contributed by atoms with Crippen LogP contribution in [-0.2, 0) is 6.54 Å². The Balaban J connectivity index is 1.38. The van der Waals surface area contributed by atoms with E-state index in [0.29, 0.717) is 18.0 Å². The minimum Gasteiger partial charge on any atom is -0.493 e. The van der Waals surface area contributed by atoms with Crippen molar-refractivity contribution in [1.29, 1.82) is 0 Å². The van der Waals surface area contributed by atoms with E-state index in [-0.39, 0.29) is 12.0 Å². The molecule has 2 aliphatic rings. The predicted molar refractivity (Wildman–Crippen MR) is 128 cm³/mol. The number of carbonyl (C=O) groups is 1. The van der Waals surface area contributed by atoms with E-state index in [1.165, 1.54) is 12.8 Å². The van der Waals surface area contributed by atoms with Crippen molar-refractivity contribution in [2.45, 2.75) is 38.3 Å². The molecule has 1 aliphatic heterocycles. The maximum atomic E-state index is 13.3. The van der Waals surface area contributed by atoms with Crippen LogP contribution in [0.1, 0.15) is 52.7 Å². The number of amides is 1. The van der Waals surface area contributed by atoms with Crippen LogP contribution in [0, 0.1) is 0 Å². The summed E-state index contributed by atoms with van der Waals surface area (Å²) in [6.45, 7) is 0.562. The van der Waals surface area contributed by atoms with Gasteiger partial charge in [-0.1, -0.05) is 54.6 Å². The average molecular weight is 426 g/mol. The number of anilines is 1. The smallest absolute Gasteiger partial charge is 0.258 e. The van der Waals surface area contributed by atoms with Gasteiger partial charge in [-0.15, -0.1) is 0 Å². The average Bonchev–Trinajstić information content (AvgIpc) is 3.46. The van der Waals surface area contributed by atoms with Crippen LogP contribution in [0.5, 0.6) is 11.5 Å². The van der Waals surface area contributed by atoms with Crippen LogP contribution in [-0.4, -0.2) is 19.1 Å². The molecule has 0 aromatic heterocycles. The second-order valence-corrected chi connectivity index (χ2v) is 8.41. The van der Waals surface area contributed by atoms with Gasteiger partial charge in [0.15, 0.2) is 11.5 Å². The largest absolute Gasteiger partial charge is 0.493 e. The number of ether oxygens (including phenoxy) is 2. The summed E-state index contributed by atoms with van der Waals surface area (Å²) in [6.07, 6.45) is 8.88. The molecule has 3 aromatic rings. The fraction of sp³-hybridized carbons (Fsp3) is 0.250. The second-order valence-electron chi connectivity index (χ2n) is 8.41. The fourth-order valence-corrected chi connectivity index (χ4v) is 4.50. The SMILES string of the molecule is COc1ccc(N2Cc3ccc(/C=C\c4ccccc4)cc3C2=O)cc1OC1CCCC1. The van der Waals surface area contributed by atoms with Crippen molar-refractivity contribution in [1.82, 2.24) is 0 Å². The number of hydrogen-bond donors (Lipinski definition) is 0. The lowest BCUT2D eigenvalue weighted by Gasteiger charge is -2.20. The number of fused-ring (bicyclic) bond motifs is 1. The van der Waals surface area contributed by atoms with E-state index in [4.69, 9.17) is 9.47 Å². The van der Waals surface area contributed by atoms with Crippen LogP contribution >= 0.6 is 0 Å². The third-order valence-electron chi connectivity index (χ3n) is 6.26. The van der Waals surface area contributed by atoms with Gasteiger partial charge in [0.1, 0.15) is 0 Å². The quantitative estimate of drug-likeness (QED) is 0.432. The van der Waals surface area contributed by atoms with Gasteiger partial charge in [-0.25, -0.2) is 0 Å². The van der Waals surface area contributed by atoms with E-state index < -0.39 is 0 Å². The van der Waals surface area contributed by atoms with Gasteiger partial charge in [-0.2, -0.15) is 0 Å². The molecule has 0 radical (unpaired) electrons. The number of benzene rings is 3. The molecule has 0 N–H and O–H groups in total. The molecular weight excluding hydrogens is 398 g/mol. The van der Waals surface area contributed by atoms with Crippen LogP contribution in [0.2, 0.25) is 0 Å². The molecule has 1 fully saturated rings. The summed E-state index contributed by atoms with van der Waals surface area (Å²) in [5.41, 5.74) is 4.79. The first-order valence-corrected chi connectivity index (χ1v) is 11.2. The van der Waals surface area contributed by atoms with Crippen molar-refractivity contribution in [3.63, 3.8) is 0 Å². The molecular formula is C28H27NO3. The zero-order valence-corrected chi connectivity index (χ0v) is 18.3. The molecule has 162 valence electrons. The van der Waals surface area contributed by atoms with Crippen molar-refractivity contribution >= 4 is 23.7 Å². The third kappa shape index (κ3) is 4.13. The molecule has 0 saturated heterocycles. The van der Waals surface area contributed by atoms with Crippen molar-refractivity contribution < 1.29 is 14.3 Å². The Morgan fingerprint density at radius 3 is 2.44 bits per heavy atom. The Hall–Kier alpha value is -3.53.